The Balaban J connectivity index is 2.03. The first-order chi connectivity index (χ1) is 9.18. The second-order valence-electron chi connectivity index (χ2n) is 5.09. The first kappa shape index (κ1) is 13.8. The van der Waals surface area contributed by atoms with Crippen molar-refractivity contribution in [2.45, 2.75) is 32.5 Å². The van der Waals surface area contributed by atoms with Gasteiger partial charge in [-0.3, -0.25) is 0 Å². The third-order valence-electron chi connectivity index (χ3n) is 3.29. The molecule has 0 fully saturated rings. The Morgan fingerprint density at radius 2 is 1.84 bits per heavy atom. The van der Waals surface area contributed by atoms with E-state index in [1.165, 1.54) is 0 Å². The summed E-state index contributed by atoms with van der Waals surface area (Å²) in [4.78, 5) is 0. The van der Waals surface area contributed by atoms with Gasteiger partial charge in [0.1, 0.15) is 5.76 Å². The fourth-order valence-corrected chi connectivity index (χ4v) is 2.20. The molecule has 1 aromatic carbocycles. The van der Waals surface area contributed by atoms with Gasteiger partial charge in [-0.1, -0.05) is 44.2 Å². The van der Waals surface area contributed by atoms with Gasteiger partial charge in [-0.2, -0.15) is 0 Å². The van der Waals surface area contributed by atoms with Crippen LogP contribution >= 0.6 is 0 Å². The van der Waals surface area contributed by atoms with Crippen molar-refractivity contribution in [2.24, 2.45) is 5.92 Å². The van der Waals surface area contributed by atoms with E-state index < -0.39 is 6.10 Å². The molecule has 0 aliphatic rings. The fourth-order valence-electron chi connectivity index (χ4n) is 2.20. The Kier molecular flexibility index (Phi) is 4.77. The number of nitrogens with one attached hydrogen (secondary N) is 1. The number of furan rings is 1. The van der Waals surface area contributed by atoms with Gasteiger partial charge in [-0.05, 0) is 23.6 Å². The lowest BCUT2D eigenvalue weighted by molar-refractivity contribution is 0.103. The molecule has 0 saturated carbocycles. The molecule has 0 aliphatic carbocycles. The van der Waals surface area contributed by atoms with Crippen LogP contribution < -0.4 is 5.32 Å². The Morgan fingerprint density at radius 3 is 2.42 bits per heavy atom. The maximum atomic E-state index is 10.5. The van der Waals surface area contributed by atoms with Crippen molar-refractivity contribution < 1.29 is 9.52 Å². The van der Waals surface area contributed by atoms with Gasteiger partial charge < -0.3 is 14.8 Å². The van der Waals surface area contributed by atoms with E-state index in [0.29, 0.717) is 12.5 Å². The number of aliphatic hydroxyl groups excluding tert-OH is 1. The van der Waals surface area contributed by atoms with Crippen molar-refractivity contribution in [2.75, 3.05) is 0 Å². The molecule has 0 aliphatic heterocycles. The van der Waals surface area contributed by atoms with E-state index in [2.05, 4.69) is 19.2 Å². The van der Waals surface area contributed by atoms with Crippen LogP contribution in [0.1, 0.15) is 31.3 Å². The summed E-state index contributed by atoms with van der Waals surface area (Å²) >= 11 is 0. The maximum Gasteiger partial charge on any atom is 0.117 e. The van der Waals surface area contributed by atoms with Crippen LogP contribution in [0.3, 0.4) is 0 Å². The second kappa shape index (κ2) is 6.55. The summed E-state index contributed by atoms with van der Waals surface area (Å²) in [5.74, 6) is 1.20. The molecule has 2 atom stereocenters. The molecule has 1 aromatic heterocycles. The molecule has 1 heterocycles. The predicted molar refractivity (Wildman–Crippen MR) is 75.6 cm³/mol. The van der Waals surface area contributed by atoms with Crippen LogP contribution in [-0.4, -0.2) is 11.1 Å². The average molecular weight is 259 g/mol. The lowest BCUT2D eigenvalue weighted by Gasteiger charge is -2.27. The predicted octanol–water partition coefficient (Wildman–Crippen LogP) is 3.13. The topological polar surface area (TPSA) is 45.4 Å². The van der Waals surface area contributed by atoms with Crippen LogP contribution in [0.15, 0.2) is 53.1 Å². The highest BCUT2D eigenvalue weighted by molar-refractivity contribution is 5.19. The van der Waals surface area contributed by atoms with Crippen molar-refractivity contribution >= 4 is 0 Å². The van der Waals surface area contributed by atoms with E-state index in [4.69, 9.17) is 4.42 Å². The largest absolute Gasteiger partial charge is 0.468 e. The summed E-state index contributed by atoms with van der Waals surface area (Å²) in [6, 6.07) is 13.5. The highest BCUT2D eigenvalue weighted by atomic mass is 16.3. The highest BCUT2D eigenvalue weighted by Gasteiger charge is 2.23. The van der Waals surface area contributed by atoms with Gasteiger partial charge in [0, 0.05) is 6.04 Å². The highest BCUT2D eigenvalue weighted by Crippen LogP contribution is 2.22. The number of hydrogen-bond donors (Lipinski definition) is 2. The van der Waals surface area contributed by atoms with Crippen molar-refractivity contribution in [1.82, 2.24) is 5.32 Å². The van der Waals surface area contributed by atoms with Crippen LogP contribution in [0.2, 0.25) is 0 Å². The summed E-state index contributed by atoms with van der Waals surface area (Å²) in [5.41, 5.74) is 0.938. The zero-order valence-corrected chi connectivity index (χ0v) is 11.4. The number of rotatable bonds is 6. The normalized spacial score (nSPS) is 14.5. The molecule has 2 unspecified atom stereocenters. The molecular formula is C16H21NO2. The average Bonchev–Trinajstić information content (AvgIpc) is 2.92. The summed E-state index contributed by atoms with van der Waals surface area (Å²) < 4.78 is 5.30. The van der Waals surface area contributed by atoms with E-state index in [1.807, 2.05) is 42.5 Å². The van der Waals surface area contributed by atoms with Crippen LogP contribution in [0, 0.1) is 5.92 Å². The number of hydrogen-bond acceptors (Lipinski definition) is 3. The zero-order chi connectivity index (χ0) is 13.7. The van der Waals surface area contributed by atoms with Gasteiger partial charge in [0.25, 0.3) is 0 Å². The molecule has 2 N–H and O–H groups in total. The first-order valence-electron chi connectivity index (χ1n) is 6.67. The Hall–Kier alpha value is -1.58. The van der Waals surface area contributed by atoms with Crippen LogP contribution in [0.4, 0.5) is 0 Å². The monoisotopic (exact) mass is 259 g/mol. The molecule has 0 bridgehead atoms. The minimum absolute atomic E-state index is 0.00694. The minimum atomic E-state index is -0.517. The summed E-state index contributed by atoms with van der Waals surface area (Å²) in [6.45, 7) is 4.83. The van der Waals surface area contributed by atoms with Crippen LogP contribution in [0.5, 0.6) is 0 Å². The molecule has 0 spiro atoms. The van der Waals surface area contributed by atoms with Crippen molar-refractivity contribution in [3.8, 4) is 0 Å². The van der Waals surface area contributed by atoms with E-state index in [-0.39, 0.29) is 6.04 Å². The molecule has 19 heavy (non-hydrogen) atoms. The molecule has 3 heteroatoms. The van der Waals surface area contributed by atoms with Crippen LogP contribution in [-0.2, 0) is 6.54 Å². The molecule has 2 aromatic rings. The van der Waals surface area contributed by atoms with E-state index in [0.717, 1.165) is 11.3 Å². The van der Waals surface area contributed by atoms with Crippen LogP contribution in [0.25, 0.3) is 0 Å². The van der Waals surface area contributed by atoms with Gasteiger partial charge >= 0.3 is 0 Å². The molecule has 2 rings (SSSR count). The quantitative estimate of drug-likeness (QED) is 0.837. The van der Waals surface area contributed by atoms with E-state index in [1.54, 1.807) is 6.26 Å². The smallest absolute Gasteiger partial charge is 0.117 e. The van der Waals surface area contributed by atoms with E-state index >= 15 is 0 Å². The van der Waals surface area contributed by atoms with Gasteiger partial charge in [-0.15, -0.1) is 0 Å². The molecule has 102 valence electrons. The van der Waals surface area contributed by atoms with E-state index in [9.17, 15) is 5.11 Å². The van der Waals surface area contributed by atoms with Crippen molar-refractivity contribution in [1.29, 1.82) is 0 Å². The van der Waals surface area contributed by atoms with Gasteiger partial charge in [0.05, 0.1) is 18.9 Å². The first-order valence-corrected chi connectivity index (χ1v) is 6.67. The summed E-state index contributed by atoms with van der Waals surface area (Å²) in [6.07, 6.45) is 1.14. The Bertz CT molecular complexity index is 465. The lowest BCUT2D eigenvalue weighted by atomic mass is 9.93. The molecular weight excluding hydrogens is 238 g/mol. The SMILES string of the molecule is CC(C)C(NCc1ccco1)C(O)c1ccccc1. The summed E-state index contributed by atoms with van der Waals surface area (Å²) in [7, 11) is 0. The molecule has 0 amide bonds. The zero-order valence-electron chi connectivity index (χ0n) is 11.4. The Morgan fingerprint density at radius 1 is 1.11 bits per heavy atom. The van der Waals surface area contributed by atoms with Gasteiger partial charge in [0.15, 0.2) is 0 Å². The van der Waals surface area contributed by atoms with Crippen molar-refractivity contribution in [3.63, 3.8) is 0 Å². The molecule has 0 radical (unpaired) electrons. The van der Waals surface area contributed by atoms with Crippen molar-refractivity contribution in [3.05, 3.63) is 60.1 Å². The number of aliphatic hydroxyl groups is 1. The molecule has 0 saturated heterocycles. The molecule has 3 nitrogen and oxygen atoms in total. The third-order valence-corrected chi connectivity index (χ3v) is 3.29. The standard InChI is InChI=1S/C16H21NO2/c1-12(2)15(17-11-14-9-6-10-19-14)16(18)13-7-4-3-5-8-13/h3-10,12,15-18H,11H2,1-2H3. The third kappa shape index (κ3) is 3.69. The van der Waals surface area contributed by atoms with Gasteiger partial charge in [0.2, 0.25) is 0 Å². The fraction of sp³-hybridized carbons (Fsp3) is 0.375. The second-order valence-corrected chi connectivity index (χ2v) is 5.09. The minimum Gasteiger partial charge on any atom is -0.468 e. The maximum absolute atomic E-state index is 10.5. The Labute approximate surface area is 114 Å². The number of benzene rings is 1. The lowest BCUT2D eigenvalue weighted by Crippen LogP contribution is -2.38. The summed E-state index contributed by atoms with van der Waals surface area (Å²) in [5, 5.41) is 13.9. The van der Waals surface area contributed by atoms with Gasteiger partial charge in [-0.25, -0.2) is 0 Å².